The van der Waals surface area contributed by atoms with Crippen LogP contribution in [-0.2, 0) is 13.8 Å². The van der Waals surface area contributed by atoms with Crippen LogP contribution in [-0.4, -0.2) is 25.5 Å². The van der Waals surface area contributed by atoms with Crippen LogP contribution < -0.4 is 10.1 Å². The van der Waals surface area contributed by atoms with Crippen molar-refractivity contribution < 1.29 is 31.8 Å². The van der Waals surface area contributed by atoms with Gasteiger partial charge in [-0.3, -0.25) is 4.79 Å². The summed E-state index contributed by atoms with van der Waals surface area (Å²) in [4.78, 5) is 13.2. The minimum Gasteiger partial charge on any atom is -0.406 e. The minimum atomic E-state index is -4.78. The lowest BCUT2D eigenvalue weighted by Crippen LogP contribution is -2.26. The van der Waals surface area contributed by atoms with Crippen molar-refractivity contribution in [3.8, 4) is 5.75 Å². The number of fused-ring (bicyclic) bond motifs is 1. The van der Waals surface area contributed by atoms with E-state index in [9.17, 15) is 18.0 Å². The maximum absolute atomic E-state index is 13.2. The van der Waals surface area contributed by atoms with Crippen molar-refractivity contribution in [1.29, 1.82) is 0 Å². The van der Waals surface area contributed by atoms with Gasteiger partial charge >= 0.3 is 6.36 Å². The molecular formula is C22H18ClF3NO4PS. The van der Waals surface area contributed by atoms with Crippen molar-refractivity contribution in [3.63, 3.8) is 0 Å². The molecule has 0 aliphatic carbocycles. The van der Waals surface area contributed by atoms with E-state index in [1.54, 1.807) is 12.1 Å². The fraction of sp³-hybridized carbons (Fsp3) is 0.227. The summed E-state index contributed by atoms with van der Waals surface area (Å²) in [6, 6.07) is 10.9. The third kappa shape index (κ3) is 6.25. The SMILES string of the molecule is O=C(NC=Cc1cccc(OC(F)(F)F)c1)C(c1csc2ccc(Cl)cc12)P1OCCCO1. The number of hydrogen-bond donors (Lipinski definition) is 1. The highest BCUT2D eigenvalue weighted by Gasteiger charge is 2.36. The van der Waals surface area contributed by atoms with Crippen molar-refractivity contribution in [2.75, 3.05) is 13.2 Å². The molecule has 5 nitrogen and oxygen atoms in total. The molecule has 0 saturated carbocycles. The highest BCUT2D eigenvalue weighted by molar-refractivity contribution is 7.49. The molecule has 2 heterocycles. The third-order valence-corrected chi connectivity index (χ3v) is 7.66. The predicted molar refractivity (Wildman–Crippen MR) is 123 cm³/mol. The van der Waals surface area contributed by atoms with Crippen LogP contribution in [0.4, 0.5) is 13.2 Å². The molecule has 1 unspecified atom stereocenters. The van der Waals surface area contributed by atoms with Crippen LogP contribution in [0.3, 0.4) is 0 Å². The summed E-state index contributed by atoms with van der Waals surface area (Å²) in [6.07, 6.45) is -1.17. The van der Waals surface area contributed by atoms with Gasteiger partial charge in [0.1, 0.15) is 11.4 Å². The largest absolute Gasteiger partial charge is 0.573 e. The Hall–Kier alpha value is -2.16. The topological polar surface area (TPSA) is 56.8 Å². The number of thiophene rings is 1. The number of alkyl halides is 3. The Morgan fingerprint density at radius 1 is 1.21 bits per heavy atom. The van der Waals surface area contributed by atoms with Gasteiger partial charge in [-0.25, -0.2) is 0 Å². The summed E-state index contributed by atoms with van der Waals surface area (Å²) in [6.45, 7) is 1.00. The Labute approximate surface area is 198 Å². The van der Waals surface area contributed by atoms with E-state index in [4.69, 9.17) is 20.6 Å². The molecule has 1 N–H and O–H groups in total. The maximum atomic E-state index is 13.2. The van der Waals surface area contributed by atoms with E-state index in [-0.39, 0.29) is 11.7 Å². The molecule has 0 spiro atoms. The van der Waals surface area contributed by atoms with E-state index < -0.39 is 20.4 Å². The molecule has 174 valence electrons. The van der Waals surface area contributed by atoms with Crippen molar-refractivity contribution >= 4 is 53.4 Å². The summed E-state index contributed by atoms with van der Waals surface area (Å²) in [5, 5.41) is 6.02. The number of ether oxygens (including phenoxy) is 1. The van der Waals surface area contributed by atoms with Gasteiger partial charge in [-0.2, -0.15) is 0 Å². The molecule has 1 aliphatic heterocycles. The molecule has 4 rings (SSSR count). The number of carbonyl (C=O) groups excluding carboxylic acids is 1. The van der Waals surface area contributed by atoms with Gasteiger partial charge in [0.15, 0.2) is 8.38 Å². The van der Waals surface area contributed by atoms with Crippen LogP contribution >= 0.6 is 31.3 Å². The normalized spacial score (nSPS) is 16.2. The van der Waals surface area contributed by atoms with Crippen LogP contribution in [0.2, 0.25) is 5.02 Å². The highest BCUT2D eigenvalue weighted by Crippen LogP contribution is 2.56. The van der Waals surface area contributed by atoms with Gasteiger partial charge in [0, 0.05) is 15.9 Å². The van der Waals surface area contributed by atoms with Crippen molar-refractivity contribution in [2.45, 2.75) is 18.4 Å². The first kappa shape index (κ1) is 24.0. The number of halogens is 4. The highest BCUT2D eigenvalue weighted by atomic mass is 35.5. The Morgan fingerprint density at radius 2 is 2.00 bits per heavy atom. The zero-order valence-electron chi connectivity index (χ0n) is 17.0. The average Bonchev–Trinajstić information content (AvgIpc) is 3.16. The molecule has 33 heavy (non-hydrogen) atoms. The van der Waals surface area contributed by atoms with Crippen LogP contribution in [0.15, 0.2) is 54.0 Å². The summed E-state index contributed by atoms with van der Waals surface area (Å²) in [7, 11) is -1.53. The third-order valence-electron chi connectivity index (χ3n) is 4.64. The van der Waals surface area contributed by atoms with Crippen LogP contribution in [0, 0.1) is 0 Å². The zero-order chi connectivity index (χ0) is 23.4. The van der Waals surface area contributed by atoms with E-state index in [2.05, 4.69) is 10.1 Å². The lowest BCUT2D eigenvalue weighted by atomic mass is 10.1. The Balaban J connectivity index is 1.55. The Bertz CT molecular complexity index is 1160. The maximum Gasteiger partial charge on any atom is 0.573 e. The number of nitrogens with one attached hydrogen (secondary N) is 1. The first-order valence-electron chi connectivity index (χ1n) is 9.84. The predicted octanol–water partition coefficient (Wildman–Crippen LogP) is 7.03. The zero-order valence-corrected chi connectivity index (χ0v) is 19.4. The van der Waals surface area contributed by atoms with E-state index in [1.807, 2.05) is 17.5 Å². The van der Waals surface area contributed by atoms with E-state index in [1.165, 1.54) is 41.8 Å². The van der Waals surface area contributed by atoms with Gasteiger partial charge in [0.05, 0.1) is 13.2 Å². The summed E-state index contributed by atoms with van der Waals surface area (Å²) < 4.78 is 53.8. The van der Waals surface area contributed by atoms with E-state index in [0.717, 1.165) is 22.1 Å². The van der Waals surface area contributed by atoms with Gasteiger partial charge in [-0.1, -0.05) is 23.7 Å². The summed E-state index contributed by atoms with van der Waals surface area (Å²) in [5.74, 6) is -0.690. The monoisotopic (exact) mass is 515 g/mol. The number of carbonyl (C=O) groups is 1. The molecule has 2 aromatic carbocycles. The molecule has 1 fully saturated rings. The molecule has 1 saturated heterocycles. The second kappa shape index (κ2) is 10.4. The van der Waals surface area contributed by atoms with Gasteiger partial charge in [-0.15, -0.1) is 24.5 Å². The lowest BCUT2D eigenvalue weighted by molar-refractivity contribution is -0.274. The molecule has 1 atom stereocenters. The second-order valence-corrected chi connectivity index (χ2v) is 9.95. The first-order chi connectivity index (χ1) is 15.8. The molecule has 11 heteroatoms. The fourth-order valence-corrected chi connectivity index (χ4v) is 6.19. The summed E-state index contributed by atoms with van der Waals surface area (Å²) >= 11 is 7.67. The Morgan fingerprint density at radius 3 is 2.76 bits per heavy atom. The van der Waals surface area contributed by atoms with Gasteiger partial charge in [0.2, 0.25) is 5.91 Å². The molecule has 0 bridgehead atoms. The van der Waals surface area contributed by atoms with Crippen molar-refractivity contribution in [3.05, 3.63) is 70.2 Å². The smallest absolute Gasteiger partial charge is 0.406 e. The standard InChI is InChI=1S/C22H18ClF3NO4PS/c23-15-5-6-19-17(12-15)18(13-33-19)20(32-29-9-2-10-30-32)21(28)27-8-7-14-3-1-4-16(11-14)31-22(24,25)26/h1,3-8,11-13,20H,2,9-10H2,(H,27,28). The van der Waals surface area contributed by atoms with Crippen LogP contribution in [0.5, 0.6) is 5.75 Å². The number of amides is 1. The molecular weight excluding hydrogens is 498 g/mol. The minimum absolute atomic E-state index is 0.345. The van der Waals surface area contributed by atoms with Crippen LogP contribution in [0.1, 0.15) is 23.2 Å². The number of benzene rings is 2. The first-order valence-corrected chi connectivity index (χ1v) is 12.3. The number of hydrogen-bond acceptors (Lipinski definition) is 5. The fourth-order valence-electron chi connectivity index (χ4n) is 3.25. The van der Waals surface area contributed by atoms with Crippen molar-refractivity contribution in [1.82, 2.24) is 5.32 Å². The molecule has 1 aliphatic rings. The summed E-state index contributed by atoms with van der Waals surface area (Å²) in [5.41, 5.74) is 0.492. The van der Waals surface area contributed by atoms with Gasteiger partial charge in [-0.05, 0) is 64.7 Å². The van der Waals surface area contributed by atoms with E-state index >= 15 is 0 Å². The number of rotatable bonds is 6. The second-order valence-electron chi connectivity index (χ2n) is 7.00. The van der Waals surface area contributed by atoms with Gasteiger partial charge < -0.3 is 19.1 Å². The molecule has 0 radical (unpaired) electrons. The van der Waals surface area contributed by atoms with Crippen molar-refractivity contribution in [2.24, 2.45) is 0 Å². The quantitative estimate of drug-likeness (QED) is 0.358. The van der Waals surface area contributed by atoms with Crippen LogP contribution in [0.25, 0.3) is 16.2 Å². The molecule has 1 aromatic heterocycles. The average molecular weight is 516 g/mol. The van der Waals surface area contributed by atoms with E-state index in [0.29, 0.717) is 23.8 Å². The molecule has 3 aromatic rings. The Kier molecular flexibility index (Phi) is 7.56. The lowest BCUT2D eigenvalue weighted by Gasteiger charge is -2.28. The van der Waals surface area contributed by atoms with Gasteiger partial charge in [0.25, 0.3) is 0 Å². The molecule has 1 amide bonds.